The Hall–Kier alpha value is -0.300. The Morgan fingerprint density at radius 3 is 2.85 bits per heavy atom. The number of methoxy groups -OCH3 is 1. The smallest absolute Gasteiger partial charge is 0.0574 e. The summed E-state index contributed by atoms with van der Waals surface area (Å²) in [6.45, 7) is 4.11. The summed E-state index contributed by atoms with van der Waals surface area (Å²) in [6, 6.07) is 0. The molecule has 0 heterocycles. The minimum Gasteiger partial charge on any atom is -0.381 e. The molecule has 0 amide bonds. The normalized spacial score (nSPS) is 40.1. The third-order valence-electron chi connectivity index (χ3n) is 3.84. The first-order valence-corrected chi connectivity index (χ1v) is 5.49. The SMILES string of the molecule is C=C1CCC2CC(OC)CCC2C1. The number of fused-ring (bicyclic) bond motifs is 1. The molecule has 2 aliphatic rings. The lowest BCUT2D eigenvalue weighted by Crippen LogP contribution is -2.31. The zero-order valence-electron chi connectivity index (χ0n) is 8.59. The van der Waals surface area contributed by atoms with Crippen LogP contribution in [0.15, 0.2) is 12.2 Å². The number of hydrogen-bond donors (Lipinski definition) is 0. The van der Waals surface area contributed by atoms with Crippen LogP contribution in [0, 0.1) is 11.8 Å². The molecule has 0 aromatic heterocycles. The van der Waals surface area contributed by atoms with E-state index in [0.717, 1.165) is 11.8 Å². The Morgan fingerprint density at radius 1 is 1.23 bits per heavy atom. The van der Waals surface area contributed by atoms with E-state index in [1.807, 2.05) is 7.11 Å². The van der Waals surface area contributed by atoms with Crippen molar-refractivity contribution < 1.29 is 4.74 Å². The fraction of sp³-hybridized carbons (Fsp3) is 0.833. The van der Waals surface area contributed by atoms with Crippen molar-refractivity contribution in [3.05, 3.63) is 12.2 Å². The second-order valence-corrected chi connectivity index (χ2v) is 4.68. The maximum Gasteiger partial charge on any atom is 0.0574 e. The van der Waals surface area contributed by atoms with Crippen LogP contribution in [0.25, 0.3) is 0 Å². The maximum atomic E-state index is 5.44. The van der Waals surface area contributed by atoms with E-state index in [9.17, 15) is 0 Å². The van der Waals surface area contributed by atoms with Gasteiger partial charge in [-0.15, -0.1) is 0 Å². The molecule has 0 aromatic carbocycles. The van der Waals surface area contributed by atoms with Crippen LogP contribution in [0.1, 0.15) is 38.5 Å². The van der Waals surface area contributed by atoms with E-state index in [4.69, 9.17) is 4.74 Å². The van der Waals surface area contributed by atoms with Gasteiger partial charge in [-0.2, -0.15) is 0 Å². The molecule has 0 saturated heterocycles. The first-order valence-electron chi connectivity index (χ1n) is 5.49. The largest absolute Gasteiger partial charge is 0.381 e. The van der Waals surface area contributed by atoms with Crippen molar-refractivity contribution >= 4 is 0 Å². The quantitative estimate of drug-likeness (QED) is 0.563. The highest BCUT2D eigenvalue weighted by molar-refractivity contribution is 5.03. The van der Waals surface area contributed by atoms with E-state index < -0.39 is 0 Å². The zero-order chi connectivity index (χ0) is 9.26. The summed E-state index contributed by atoms with van der Waals surface area (Å²) in [5.74, 6) is 1.87. The van der Waals surface area contributed by atoms with Crippen LogP contribution in [-0.4, -0.2) is 13.2 Å². The predicted molar refractivity (Wildman–Crippen MR) is 54.6 cm³/mol. The minimum atomic E-state index is 0.549. The van der Waals surface area contributed by atoms with E-state index in [1.165, 1.54) is 44.1 Å². The monoisotopic (exact) mass is 180 g/mol. The molecule has 0 radical (unpaired) electrons. The second-order valence-electron chi connectivity index (χ2n) is 4.68. The van der Waals surface area contributed by atoms with Crippen molar-refractivity contribution in [3.8, 4) is 0 Å². The summed E-state index contributed by atoms with van der Waals surface area (Å²) in [5, 5.41) is 0. The Kier molecular flexibility index (Phi) is 2.73. The summed E-state index contributed by atoms with van der Waals surface area (Å²) in [6.07, 6.45) is 8.40. The van der Waals surface area contributed by atoms with Crippen LogP contribution < -0.4 is 0 Å². The van der Waals surface area contributed by atoms with Gasteiger partial charge in [-0.05, 0) is 50.4 Å². The van der Waals surface area contributed by atoms with Crippen molar-refractivity contribution in [1.29, 1.82) is 0 Å². The molecule has 3 unspecified atom stereocenters. The predicted octanol–water partition coefficient (Wildman–Crippen LogP) is 3.16. The van der Waals surface area contributed by atoms with E-state index in [0.29, 0.717) is 6.10 Å². The van der Waals surface area contributed by atoms with Gasteiger partial charge in [0.05, 0.1) is 6.10 Å². The van der Waals surface area contributed by atoms with Gasteiger partial charge in [-0.25, -0.2) is 0 Å². The average Bonchev–Trinajstić information content (AvgIpc) is 2.17. The molecule has 2 aliphatic carbocycles. The molecule has 2 fully saturated rings. The summed E-state index contributed by atoms with van der Waals surface area (Å²) in [7, 11) is 1.85. The Morgan fingerprint density at radius 2 is 2.08 bits per heavy atom. The summed E-state index contributed by atoms with van der Waals surface area (Å²) >= 11 is 0. The molecular formula is C12H20O. The third kappa shape index (κ3) is 1.96. The lowest BCUT2D eigenvalue weighted by Gasteiger charge is -2.39. The van der Waals surface area contributed by atoms with E-state index >= 15 is 0 Å². The van der Waals surface area contributed by atoms with Crippen molar-refractivity contribution in [3.63, 3.8) is 0 Å². The topological polar surface area (TPSA) is 9.23 Å². The molecule has 0 aromatic rings. The van der Waals surface area contributed by atoms with E-state index in [-0.39, 0.29) is 0 Å². The summed E-state index contributed by atoms with van der Waals surface area (Å²) in [5.41, 5.74) is 1.48. The Bertz CT molecular complexity index is 197. The van der Waals surface area contributed by atoms with Crippen LogP contribution in [0.3, 0.4) is 0 Å². The molecule has 1 heteroatoms. The number of rotatable bonds is 1. The van der Waals surface area contributed by atoms with Crippen molar-refractivity contribution in [1.82, 2.24) is 0 Å². The van der Waals surface area contributed by atoms with Gasteiger partial charge in [-0.3, -0.25) is 0 Å². The summed E-state index contributed by atoms with van der Waals surface area (Å²) in [4.78, 5) is 0. The van der Waals surface area contributed by atoms with Gasteiger partial charge in [0, 0.05) is 7.11 Å². The van der Waals surface area contributed by atoms with Gasteiger partial charge in [0.2, 0.25) is 0 Å². The number of allylic oxidation sites excluding steroid dienone is 1. The van der Waals surface area contributed by atoms with Gasteiger partial charge in [0.1, 0.15) is 0 Å². The average molecular weight is 180 g/mol. The Labute approximate surface area is 81.2 Å². The van der Waals surface area contributed by atoms with E-state index in [2.05, 4.69) is 6.58 Å². The van der Waals surface area contributed by atoms with Crippen LogP contribution in [0.5, 0.6) is 0 Å². The minimum absolute atomic E-state index is 0.549. The highest BCUT2D eigenvalue weighted by Crippen LogP contribution is 2.42. The Balaban J connectivity index is 1.94. The van der Waals surface area contributed by atoms with Gasteiger partial charge in [-0.1, -0.05) is 12.2 Å². The fourth-order valence-electron chi connectivity index (χ4n) is 2.98. The van der Waals surface area contributed by atoms with Gasteiger partial charge in [0.15, 0.2) is 0 Å². The molecule has 2 rings (SSSR count). The number of ether oxygens (including phenoxy) is 1. The van der Waals surface area contributed by atoms with Crippen LogP contribution in [-0.2, 0) is 4.74 Å². The van der Waals surface area contributed by atoms with Crippen molar-refractivity contribution in [2.45, 2.75) is 44.6 Å². The number of hydrogen-bond acceptors (Lipinski definition) is 1. The lowest BCUT2D eigenvalue weighted by molar-refractivity contribution is 0.0215. The van der Waals surface area contributed by atoms with Crippen LogP contribution >= 0.6 is 0 Å². The second kappa shape index (κ2) is 3.83. The first-order chi connectivity index (χ1) is 6.29. The highest BCUT2D eigenvalue weighted by Gasteiger charge is 2.32. The third-order valence-corrected chi connectivity index (χ3v) is 3.84. The molecule has 13 heavy (non-hydrogen) atoms. The van der Waals surface area contributed by atoms with E-state index in [1.54, 1.807) is 0 Å². The van der Waals surface area contributed by atoms with Crippen LogP contribution in [0.4, 0.5) is 0 Å². The maximum absolute atomic E-state index is 5.44. The molecule has 1 nitrogen and oxygen atoms in total. The molecule has 0 spiro atoms. The fourth-order valence-corrected chi connectivity index (χ4v) is 2.98. The standard InChI is InChI=1S/C12H20O/c1-9-3-4-11-8-12(13-2)6-5-10(11)7-9/h10-12H,1,3-8H2,2H3. The molecule has 74 valence electrons. The molecule has 0 bridgehead atoms. The van der Waals surface area contributed by atoms with Gasteiger partial charge in [0.25, 0.3) is 0 Å². The van der Waals surface area contributed by atoms with Crippen molar-refractivity contribution in [2.75, 3.05) is 7.11 Å². The molecule has 0 aliphatic heterocycles. The van der Waals surface area contributed by atoms with Gasteiger partial charge < -0.3 is 4.74 Å². The van der Waals surface area contributed by atoms with Crippen molar-refractivity contribution in [2.24, 2.45) is 11.8 Å². The van der Waals surface area contributed by atoms with Gasteiger partial charge >= 0.3 is 0 Å². The summed E-state index contributed by atoms with van der Waals surface area (Å²) < 4.78 is 5.44. The molecule has 2 saturated carbocycles. The highest BCUT2D eigenvalue weighted by atomic mass is 16.5. The molecule has 3 atom stereocenters. The zero-order valence-corrected chi connectivity index (χ0v) is 8.59. The molecular weight excluding hydrogens is 160 g/mol. The first kappa shape index (κ1) is 9.26. The lowest BCUT2D eigenvalue weighted by atomic mass is 9.69. The molecule has 0 N–H and O–H groups in total. The van der Waals surface area contributed by atoms with Crippen LogP contribution in [0.2, 0.25) is 0 Å².